The van der Waals surface area contributed by atoms with Gasteiger partial charge in [-0.15, -0.1) is 11.3 Å². The van der Waals surface area contributed by atoms with E-state index in [0.29, 0.717) is 0 Å². The van der Waals surface area contributed by atoms with Crippen molar-refractivity contribution >= 4 is 94.8 Å². The van der Waals surface area contributed by atoms with E-state index >= 15 is 0 Å². The van der Waals surface area contributed by atoms with Crippen molar-refractivity contribution in [1.29, 1.82) is 0 Å². The van der Waals surface area contributed by atoms with E-state index in [4.69, 9.17) is 0 Å². The molecule has 3 nitrogen and oxygen atoms in total. The topological polar surface area (TPSA) is 9.72 Å². The van der Waals surface area contributed by atoms with E-state index in [9.17, 15) is 0 Å². The largest absolute Gasteiger partial charge is 0.376 e. The molecule has 71 heavy (non-hydrogen) atoms. The molecule has 11 aromatic carbocycles. The van der Waals surface area contributed by atoms with Crippen molar-refractivity contribution in [1.82, 2.24) is 0 Å². The molecule has 12 aromatic rings. The summed E-state index contributed by atoms with van der Waals surface area (Å²) in [4.78, 5) is 7.60. The zero-order valence-corrected chi connectivity index (χ0v) is 39.5. The van der Waals surface area contributed by atoms with E-state index in [0.717, 1.165) is 34.1 Å². The summed E-state index contributed by atoms with van der Waals surface area (Å²) in [6, 6.07) is 98.1. The maximum absolute atomic E-state index is 2.64. The van der Waals surface area contributed by atoms with Crippen molar-refractivity contribution in [3.63, 3.8) is 0 Å². The number of benzene rings is 11. The molecule has 0 aliphatic carbocycles. The number of nitrogens with zero attached hydrogens (tertiary/aromatic N) is 3. The molecule has 2 aliphatic heterocycles. The summed E-state index contributed by atoms with van der Waals surface area (Å²) in [5.41, 5.74) is 21.3. The summed E-state index contributed by atoms with van der Waals surface area (Å²) in [7, 11) is 0. The van der Waals surface area contributed by atoms with E-state index < -0.39 is 0 Å². The molecule has 1 aromatic heterocycles. The Hall–Kier alpha value is -8.90. The molecule has 3 heterocycles. The average molecular weight is 922 g/mol. The highest BCUT2D eigenvalue weighted by Crippen LogP contribution is 2.53. The molecular formula is C66H44BN3S. The fourth-order valence-corrected chi connectivity index (χ4v) is 12.5. The zero-order valence-electron chi connectivity index (χ0n) is 38.7. The minimum atomic E-state index is -0.185. The lowest BCUT2D eigenvalue weighted by Crippen LogP contribution is -2.61. The standard InChI is InChI=1S/C66H44BN3S/c1-6-20-45(21-7-1)48-26-18-32-53(40-48)69-61-43-54(68(51-28-12-4-13-29-51)52-30-14-5-15-31-52)37-38-59(61)67-65-62(69)44-57-56-34-16-17-35-63(56)71-66(57)64(65)58-42-50(47-24-10-3-11-25-47)36-39-60(58)70(67)55-33-19-27-49(41-55)46-22-8-2-9-23-46/h1-44H. The van der Waals surface area contributed by atoms with Gasteiger partial charge in [-0.2, -0.15) is 0 Å². The molecule has 5 heteroatoms. The van der Waals surface area contributed by atoms with E-state index in [1.165, 1.54) is 87.0 Å². The number of fused-ring (bicyclic) bond motifs is 8. The van der Waals surface area contributed by atoms with Crippen LogP contribution in [0.1, 0.15) is 0 Å². The Balaban J connectivity index is 1.11. The summed E-state index contributed by atoms with van der Waals surface area (Å²) in [6.45, 7) is -0.185. The maximum atomic E-state index is 2.64. The van der Waals surface area contributed by atoms with Crippen LogP contribution in [0.25, 0.3) is 64.7 Å². The van der Waals surface area contributed by atoms with Crippen LogP contribution in [0.5, 0.6) is 0 Å². The number of hydrogen-bond donors (Lipinski definition) is 0. The van der Waals surface area contributed by atoms with Crippen LogP contribution < -0.4 is 25.5 Å². The molecule has 0 unspecified atom stereocenters. The third kappa shape index (κ3) is 6.88. The molecule has 14 rings (SSSR count). The average Bonchev–Trinajstić information content (AvgIpc) is 3.83. The highest BCUT2D eigenvalue weighted by molar-refractivity contribution is 7.26. The zero-order chi connectivity index (χ0) is 46.8. The molecule has 0 spiro atoms. The van der Waals surface area contributed by atoms with Crippen LogP contribution in [0.15, 0.2) is 267 Å². The van der Waals surface area contributed by atoms with Gasteiger partial charge < -0.3 is 14.6 Å². The van der Waals surface area contributed by atoms with Crippen molar-refractivity contribution in [2.75, 3.05) is 14.6 Å². The second-order valence-electron chi connectivity index (χ2n) is 18.4. The molecular weight excluding hydrogens is 878 g/mol. The van der Waals surface area contributed by atoms with Crippen LogP contribution in [0.4, 0.5) is 45.5 Å². The fraction of sp³-hybridized carbons (Fsp3) is 0. The Labute approximate surface area is 418 Å². The first-order valence-corrected chi connectivity index (χ1v) is 25.2. The van der Waals surface area contributed by atoms with Gasteiger partial charge in [0.2, 0.25) is 0 Å². The van der Waals surface area contributed by atoms with Gasteiger partial charge in [0, 0.05) is 76.8 Å². The first-order valence-electron chi connectivity index (χ1n) is 24.4. The van der Waals surface area contributed by atoms with Gasteiger partial charge >= 0.3 is 6.85 Å². The van der Waals surface area contributed by atoms with Crippen LogP contribution >= 0.6 is 11.3 Å². The number of anilines is 8. The Morgan fingerprint density at radius 1 is 0.352 bits per heavy atom. The van der Waals surface area contributed by atoms with Gasteiger partial charge in [-0.1, -0.05) is 182 Å². The second kappa shape index (κ2) is 17.0. The van der Waals surface area contributed by atoms with E-state index in [-0.39, 0.29) is 6.85 Å². The first-order chi connectivity index (χ1) is 35.2. The molecule has 0 bridgehead atoms. The smallest absolute Gasteiger partial charge is 0.333 e. The van der Waals surface area contributed by atoms with E-state index in [1.807, 2.05) is 11.3 Å². The van der Waals surface area contributed by atoms with Gasteiger partial charge in [0.1, 0.15) is 0 Å². The van der Waals surface area contributed by atoms with Crippen molar-refractivity contribution in [2.24, 2.45) is 0 Å². The van der Waals surface area contributed by atoms with Crippen LogP contribution in [0.2, 0.25) is 0 Å². The molecule has 0 radical (unpaired) electrons. The quantitative estimate of drug-likeness (QED) is 0.141. The van der Waals surface area contributed by atoms with Gasteiger partial charge in [0.05, 0.1) is 0 Å². The van der Waals surface area contributed by atoms with Crippen molar-refractivity contribution in [3.05, 3.63) is 267 Å². The number of hydrogen-bond acceptors (Lipinski definition) is 4. The highest BCUT2D eigenvalue weighted by Gasteiger charge is 2.46. The molecule has 332 valence electrons. The van der Waals surface area contributed by atoms with Gasteiger partial charge in [-0.3, -0.25) is 0 Å². The van der Waals surface area contributed by atoms with Crippen molar-refractivity contribution in [2.45, 2.75) is 0 Å². The first kappa shape index (κ1) is 41.1. The SMILES string of the molecule is c1ccc(-c2cccc(N3B4c5ccc(N(c6ccccc6)c6ccccc6)cc5N(c5cccc(-c6ccccc6)c5)c5cc6c(sc7ccccc76)c(c54)-c4cc(-c5ccccc5)ccc43)c2)cc1. The molecule has 0 N–H and O–H groups in total. The highest BCUT2D eigenvalue weighted by atomic mass is 32.1. The number of rotatable bonds is 8. The number of thiophene rings is 1. The molecule has 0 amide bonds. The summed E-state index contributed by atoms with van der Waals surface area (Å²) in [5.74, 6) is 0. The van der Waals surface area contributed by atoms with E-state index in [2.05, 4.69) is 282 Å². The fourth-order valence-electron chi connectivity index (χ4n) is 11.2. The minimum Gasteiger partial charge on any atom is -0.376 e. The Bertz CT molecular complexity index is 3910. The van der Waals surface area contributed by atoms with Gasteiger partial charge in [0.15, 0.2) is 0 Å². The Morgan fingerprint density at radius 2 is 0.887 bits per heavy atom. The summed E-state index contributed by atoms with van der Waals surface area (Å²) < 4.78 is 2.60. The third-order valence-electron chi connectivity index (χ3n) is 14.4. The lowest BCUT2D eigenvalue weighted by atomic mass is 9.43. The van der Waals surface area contributed by atoms with Crippen LogP contribution in [0, 0.1) is 0 Å². The van der Waals surface area contributed by atoms with Crippen molar-refractivity contribution in [3.8, 4) is 44.5 Å². The predicted molar refractivity (Wildman–Crippen MR) is 304 cm³/mol. The summed E-state index contributed by atoms with van der Waals surface area (Å²) >= 11 is 1.92. The molecule has 2 aliphatic rings. The second-order valence-corrected chi connectivity index (χ2v) is 19.5. The normalized spacial score (nSPS) is 12.4. The van der Waals surface area contributed by atoms with Gasteiger partial charge in [0.25, 0.3) is 0 Å². The van der Waals surface area contributed by atoms with Crippen molar-refractivity contribution < 1.29 is 0 Å². The summed E-state index contributed by atoms with van der Waals surface area (Å²) in [6.07, 6.45) is 0. The van der Waals surface area contributed by atoms with Gasteiger partial charge in [-0.05, 0) is 129 Å². The molecule has 0 saturated carbocycles. The molecule has 0 atom stereocenters. The maximum Gasteiger partial charge on any atom is 0.333 e. The monoisotopic (exact) mass is 921 g/mol. The Kier molecular flexibility index (Phi) is 9.82. The third-order valence-corrected chi connectivity index (χ3v) is 15.6. The summed E-state index contributed by atoms with van der Waals surface area (Å²) in [5, 5.41) is 2.55. The lowest BCUT2D eigenvalue weighted by molar-refractivity contribution is 1.25. The number of para-hydroxylation sites is 2. The minimum absolute atomic E-state index is 0.185. The van der Waals surface area contributed by atoms with Crippen LogP contribution in [0.3, 0.4) is 0 Å². The molecule has 0 fully saturated rings. The lowest BCUT2D eigenvalue weighted by Gasteiger charge is -2.46. The van der Waals surface area contributed by atoms with E-state index in [1.54, 1.807) is 0 Å². The molecule has 0 saturated heterocycles. The Morgan fingerprint density at radius 3 is 1.52 bits per heavy atom. The van der Waals surface area contributed by atoms with Crippen LogP contribution in [-0.2, 0) is 0 Å². The van der Waals surface area contributed by atoms with Gasteiger partial charge in [-0.25, -0.2) is 0 Å². The van der Waals surface area contributed by atoms with Crippen LogP contribution in [-0.4, -0.2) is 6.85 Å². The predicted octanol–water partition coefficient (Wildman–Crippen LogP) is 17.2.